The molecule has 0 bridgehead atoms. The van der Waals surface area contributed by atoms with E-state index in [1.54, 1.807) is 30.2 Å². The average molecular weight is 486 g/mol. The lowest BCUT2D eigenvalue weighted by atomic mass is 9.99. The van der Waals surface area contributed by atoms with Gasteiger partial charge in [-0.1, -0.05) is 11.3 Å². The maximum Gasteiger partial charge on any atom is 0.321 e. The zero-order valence-corrected chi connectivity index (χ0v) is 19.5. The van der Waals surface area contributed by atoms with Gasteiger partial charge in [-0.25, -0.2) is 9.18 Å². The summed E-state index contributed by atoms with van der Waals surface area (Å²) in [5.41, 5.74) is 1.02. The Hall–Kier alpha value is -3.73. The van der Waals surface area contributed by atoms with Crippen molar-refractivity contribution in [3.63, 3.8) is 0 Å². The molecule has 1 unspecified atom stereocenters. The number of aromatic nitrogens is 2. The van der Waals surface area contributed by atoms with Gasteiger partial charge in [0.15, 0.2) is 0 Å². The van der Waals surface area contributed by atoms with Gasteiger partial charge in [-0.3, -0.25) is 4.79 Å². The van der Waals surface area contributed by atoms with E-state index in [-0.39, 0.29) is 22.8 Å². The van der Waals surface area contributed by atoms with Crippen molar-refractivity contribution in [2.24, 2.45) is 0 Å². The Morgan fingerprint density at radius 3 is 2.62 bits per heavy atom. The molecule has 4 rings (SSSR count). The van der Waals surface area contributed by atoms with Crippen LogP contribution in [0, 0.1) is 5.82 Å². The molecule has 9 nitrogen and oxygen atoms in total. The number of nitrogens with zero attached hydrogens (tertiary/aromatic N) is 3. The van der Waals surface area contributed by atoms with Crippen LogP contribution in [-0.4, -0.2) is 54.3 Å². The molecule has 2 heterocycles. The topological polar surface area (TPSA) is 106 Å². The number of hydrogen-bond acceptors (Lipinski definition) is 7. The molecule has 1 saturated heterocycles. The highest BCUT2D eigenvalue weighted by atomic mass is 32.1. The number of piperidine rings is 1. The summed E-state index contributed by atoms with van der Waals surface area (Å²) < 4.78 is 23.6. The van der Waals surface area contributed by atoms with Crippen LogP contribution in [0.1, 0.15) is 33.6 Å². The lowest BCUT2D eigenvalue weighted by Crippen LogP contribution is -2.41. The summed E-state index contributed by atoms with van der Waals surface area (Å²) >= 11 is 1.20. The molecule has 3 amide bonds. The molecule has 0 radical (unpaired) electrons. The number of anilines is 2. The molecule has 11 heteroatoms. The highest BCUT2D eigenvalue weighted by molar-refractivity contribution is 7.13. The lowest BCUT2D eigenvalue weighted by molar-refractivity contribution is 0.102. The second kappa shape index (κ2) is 10.5. The summed E-state index contributed by atoms with van der Waals surface area (Å²) in [7, 11) is 3.09. The van der Waals surface area contributed by atoms with Crippen molar-refractivity contribution in [2.45, 2.75) is 18.8 Å². The molecule has 0 saturated carbocycles. The third kappa shape index (κ3) is 5.42. The molecule has 1 atom stereocenters. The van der Waals surface area contributed by atoms with Crippen LogP contribution in [0.3, 0.4) is 0 Å². The van der Waals surface area contributed by atoms with E-state index in [0.29, 0.717) is 41.0 Å². The number of ether oxygens (including phenoxy) is 2. The van der Waals surface area contributed by atoms with Crippen LogP contribution in [0.25, 0.3) is 0 Å². The van der Waals surface area contributed by atoms with Gasteiger partial charge in [0.05, 0.1) is 19.9 Å². The van der Waals surface area contributed by atoms with E-state index in [1.165, 1.54) is 42.7 Å². The van der Waals surface area contributed by atoms with E-state index < -0.39 is 5.91 Å². The Morgan fingerprint density at radius 2 is 1.88 bits per heavy atom. The van der Waals surface area contributed by atoms with Gasteiger partial charge >= 0.3 is 6.03 Å². The summed E-state index contributed by atoms with van der Waals surface area (Å²) in [6.45, 7) is 1.07. The van der Waals surface area contributed by atoms with Crippen molar-refractivity contribution in [3.8, 4) is 11.5 Å². The van der Waals surface area contributed by atoms with Gasteiger partial charge in [0.2, 0.25) is 5.01 Å². The van der Waals surface area contributed by atoms with Crippen molar-refractivity contribution in [2.75, 3.05) is 37.9 Å². The summed E-state index contributed by atoms with van der Waals surface area (Å²) in [6, 6.07) is 10.4. The Kier molecular flexibility index (Phi) is 7.21. The first kappa shape index (κ1) is 23.4. The van der Waals surface area contributed by atoms with Gasteiger partial charge < -0.3 is 25.0 Å². The molecule has 1 aliphatic rings. The number of methoxy groups -OCH3 is 2. The zero-order chi connectivity index (χ0) is 24.1. The third-order valence-electron chi connectivity index (χ3n) is 5.45. The number of amides is 3. The predicted molar refractivity (Wildman–Crippen MR) is 126 cm³/mol. The second-order valence-corrected chi connectivity index (χ2v) is 8.70. The van der Waals surface area contributed by atoms with E-state index in [0.717, 1.165) is 12.8 Å². The molecular weight excluding hydrogens is 461 g/mol. The minimum atomic E-state index is -0.410. The smallest absolute Gasteiger partial charge is 0.321 e. The van der Waals surface area contributed by atoms with Crippen LogP contribution in [-0.2, 0) is 0 Å². The van der Waals surface area contributed by atoms with Crippen LogP contribution in [0.5, 0.6) is 11.5 Å². The largest absolute Gasteiger partial charge is 0.497 e. The molecule has 178 valence electrons. The second-order valence-electron chi connectivity index (χ2n) is 7.69. The predicted octanol–water partition coefficient (Wildman–Crippen LogP) is 4.36. The number of carbonyl (C=O) groups excluding carboxylic acids is 2. The van der Waals surface area contributed by atoms with Crippen LogP contribution in [0.2, 0.25) is 0 Å². The maximum absolute atomic E-state index is 13.1. The number of rotatable bonds is 6. The van der Waals surface area contributed by atoms with E-state index in [4.69, 9.17) is 9.47 Å². The van der Waals surface area contributed by atoms with Crippen molar-refractivity contribution >= 4 is 34.6 Å². The average Bonchev–Trinajstić information content (AvgIpc) is 3.36. The number of halogens is 1. The molecule has 34 heavy (non-hydrogen) atoms. The van der Waals surface area contributed by atoms with Crippen molar-refractivity contribution in [1.82, 2.24) is 15.1 Å². The normalized spacial score (nSPS) is 15.5. The summed E-state index contributed by atoms with van der Waals surface area (Å²) in [5, 5.41) is 14.7. The van der Waals surface area contributed by atoms with Crippen molar-refractivity contribution < 1.29 is 23.5 Å². The Balaban J connectivity index is 1.39. The molecule has 0 spiro atoms. The number of hydrogen-bond donors (Lipinski definition) is 2. The van der Waals surface area contributed by atoms with Gasteiger partial charge in [0.1, 0.15) is 22.3 Å². The molecule has 1 aliphatic heterocycles. The summed E-state index contributed by atoms with van der Waals surface area (Å²) in [6.07, 6.45) is 1.64. The van der Waals surface area contributed by atoms with Crippen molar-refractivity contribution in [1.29, 1.82) is 0 Å². The fourth-order valence-electron chi connectivity index (χ4n) is 3.67. The fraction of sp³-hybridized carbons (Fsp3) is 0.304. The fourth-order valence-corrected chi connectivity index (χ4v) is 4.53. The van der Waals surface area contributed by atoms with Gasteiger partial charge in [0.25, 0.3) is 5.91 Å². The Morgan fingerprint density at radius 1 is 1.09 bits per heavy atom. The van der Waals surface area contributed by atoms with Crippen LogP contribution in [0.15, 0.2) is 42.5 Å². The standard InChI is InChI=1S/C23H24FN5O4S/c1-32-17-9-10-18(19(12-17)33-2)26-23(31)29-11-3-4-14(13-29)21-27-28-22(34-21)20(30)25-16-7-5-15(24)6-8-16/h5-10,12,14H,3-4,11,13H2,1-2H3,(H,25,30)(H,26,31). The quantitative estimate of drug-likeness (QED) is 0.538. The highest BCUT2D eigenvalue weighted by Gasteiger charge is 2.28. The molecule has 3 aromatic rings. The number of carbonyl (C=O) groups is 2. The Bertz CT molecular complexity index is 1170. The number of likely N-dealkylation sites (tertiary alicyclic amines) is 1. The van der Waals surface area contributed by atoms with Gasteiger partial charge in [0, 0.05) is 30.8 Å². The molecule has 1 aromatic heterocycles. The number of nitrogens with one attached hydrogen (secondary N) is 2. The van der Waals surface area contributed by atoms with Gasteiger partial charge in [-0.05, 0) is 49.2 Å². The Labute approximate surface area is 199 Å². The molecule has 2 N–H and O–H groups in total. The number of benzene rings is 2. The first-order valence-corrected chi connectivity index (χ1v) is 11.5. The third-order valence-corrected chi connectivity index (χ3v) is 6.53. The minimum absolute atomic E-state index is 0.0258. The van der Waals surface area contributed by atoms with Crippen LogP contribution < -0.4 is 20.1 Å². The van der Waals surface area contributed by atoms with Crippen molar-refractivity contribution in [3.05, 3.63) is 58.3 Å². The monoisotopic (exact) mass is 485 g/mol. The molecule has 1 fully saturated rings. The zero-order valence-electron chi connectivity index (χ0n) is 18.7. The number of urea groups is 1. The minimum Gasteiger partial charge on any atom is -0.497 e. The molecule has 0 aliphatic carbocycles. The van der Waals surface area contributed by atoms with E-state index in [9.17, 15) is 14.0 Å². The van der Waals surface area contributed by atoms with Gasteiger partial charge in [-0.2, -0.15) is 0 Å². The van der Waals surface area contributed by atoms with E-state index in [2.05, 4.69) is 20.8 Å². The SMILES string of the molecule is COc1ccc(NC(=O)N2CCCC(c3nnc(C(=O)Nc4ccc(F)cc4)s3)C2)c(OC)c1. The van der Waals surface area contributed by atoms with E-state index in [1.807, 2.05) is 0 Å². The molecular formula is C23H24FN5O4S. The first-order valence-electron chi connectivity index (χ1n) is 10.6. The molecule has 2 aromatic carbocycles. The van der Waals surface area contributed by atoms with E-state index >= 15 is 0 Å². The maximum atomic E-state index is 13.1. The summed E-state index contributed by atoms with van der Waals surface area (Å²) in [5.74, 6) is 0.313. The van der Waals surface area contributed by atoms with Gasteiger partial charge in [-0.15, -0.1) is 10.2 Å². The highest BCUT2D eigenvalue weighted by Crippen LogP contribution is 2.32. The lowest BCUT2D eigenvalue weighted by Gasteiger charge is -2.31. The first-order chi connectivity index (χ1) is 16.5. The van der Waals surface area contributed by atoms with Crippen LogP contribution in [0.4, 0.5) is 20.6 Å². The van der Waals surface area contributed by atoms with Crippen LogP contribution >= 0.6 is 11.3 Å². The summed E-state index contributed by atoms with van der Waals surface area (Å²) in [4.78, 5) is 27.1.